The molecule has 5 heteroatoms. The van der Waals surface area contributed by atoms with E-state index in [-0.39, 0.29) is 0 Å². The van der Waals surface area contributed by atoms with E-state index < -0.39 is 0 Å². The molecule has 0 bridgehead atoms. The molecule has 0 unspecified atom stereocenters. The predicted octanol–water partition coefficient (Wildman–Crippen LogP) is 5.10. The van der Waals surface area contributed by atoms with E-state index >= 15 is 0 Å². The van der Waals surface area contributed by atoms with Gasteiger partial charge in [-0.05, 0) is 49.1 Å². The molecule has 0 spiro atoms. The zero-order valence-electron chi connectivity index (χ0n) is 14.2. The number of nitrogens with zero attached hydrogens (tertiary/aromatic N) is 3. The number of fused-ring (bicyclic) bond motifs is 1. The van der Waals surface area contributed by atoms with E-state index in [9.17, 15) is 0 Å². The Kier molecular flexibility index (Phi) is 4.55. The highest BCUT2D eigenvalue weighted by molar-refractivity contribution is 6.30. The van der Waals surface area contributed by atoms with E-state index in [2.05, 4.69) is 11.4 Å². The average molecular weight is 361 g/mol. The van der Waals surface area contributed by atoms with Crippen molar-refractivity contribution in [1.82, 2.24) is 9.97 Å². The van der Waals surface area contributed by atoms with Gasteiger partial charge in [0.25, 0.3) is 0 Å². The van der Waals surface area contributed by atoms with Crippen molar-refractivity contribution >= 4 is 23.1 Å². The quantitative estimate of drug-likeness (QED) is 0.703. The SMILES string of the molecule is N#CCc1ccc(Nc2nc(-c3cccc(Cl)c3)nc3c2CCC3)cc1. The molecule has 1 aliphatic rings. The van der Waals surface area contributed by atoms with Gasteiger partial charge in [0.2, 0.25) is 0 Å². The summed E-state index contributed by atoms with van der Waals surface area (Å²) < 4.78 is 0. The summed E-state index contributed by atoms with van der Waals surface area (Å²) in [5, 5.41) is 12.9. The topological polar surface area (TPSA) is 61.6 Å². The van der Waals surface area contributed by atoms with Crippen LogP contribution in [0.1, 0.15) is 23.2 Å². The maximum Gasteiger partial charge on any atom is 0.161 e. The first-order valence-corrected chi connectivity index (χ1v) is 8.99. The second kappa shape index (κ2) is 7.15. The number of rotatable bonds is 4. The van der Waals surface area contributed by atoms with Crippen LogP contribution in [-0.4, -0.2) is 9.97 Å². The lowest BCUT2D eigenvalue weighted by Gasteiger charge is -2.13. The van der Waals surface area contributed by atoms with Gasteiger partial charge in [0, 0.05) is 27.5 Å². The molecule has 0 saturated carbocycles. The van der Waals surface area contributed by atoms with E-state index in [0.29, 0.717) is 17.3 Å². The Morgan fingerprint density at radius 3 is 2.69 bits per heavy atom. The van der Waals surface area contributed by atoms with Crippen LogP contribution in [0.3, 0.4) is 0 Å². The largest absolute Gasteiger partial charge is 0.340 e. The summed E-state index contributed by atoms with van der Waals surface area (Å²) in [5.74, 6) is 1.55. The van der Waals surface area contributed by atoms with Crippen LogP contribution in [0.5, 0.6) is 0 Å². The standard InChI is InChI=1S/C21H17ClN4/c22-16-4-1-3-15(13-16)20-25-19-6-2-5-18(19)21(26-20)24-17-9-7-14(8-10-17)11-12-23/h1,3-4,7-10,13H,2,5-6,11H2,(H,24,25,26). The molecule has 1 aliphatic carbocycles. The first-order valence-electron chi connectivity index (χ1n) is 8.61. The van der Waals surface area contributed by atoms with Gasteiger partial charge in [0.1, 0.15) is 5.82 Å². The molecule has 2 aromatic carbocycles. The maximum absolute atomic E-state index is 8.80. The summed E-state index contributed by atoms with van der Waals surface area (Å²) in [6.07, 6.45) is 3.47. The molecule has 0 fully saturated rings. The average Bonchev–Trinajstić information content (AvgIpc) is 3.12. The summed E-state index contributed by atoms with van der Waals surface area (Å²) in [5.41, 5.74) is 5.18. The van der Waals surface area contributed by atoms with E-state index in [1.54, 1.807) is 0 Å². The molecule has 0 amide bonds. The fourth-order valence-corrected chi connectivity index (χ4v) is 3.42. The van der Waals surface area contributed by atoms with Crippen LogP contribution in [-0.2, 0) is 19.3 Å². The third-order valence-electron chi connectivity index (χ3n) is 4.52. The number of hydrogen-bond acceptors (Lipinski definition) is 4. The Morgan fingerprint density at radius 1 is 1.08 bits per heavy atom. The van der Waals surface area contributed by atoms with Crippen molar-refractivity contribution in [2.24, 2.45) is 0 Å². The van der Waals surface area contributed by atoms with Crippen molar-refractivity contribution in [2.45, 2.75) is 25.7 Å². The molecule has 3 aromatic rings. The summed E-state index contributed by atoms with van der Waals surface area (Å²) in [7, 11) is 0. The van der Waals surface area contributed by atoms with Gasteiger partial charge >= 0.3 is 0 Å². The van der Waals surface area contributed by atoms with Crippen LogP contribution < -0.4 is 5.32 Å². The minimum absolute atomic E-state index is 0.419. The third-order valence-corrected chi connectivity index (χ3v) is 4.75. The second-order valence-corrected chi connectivity index (χ2v) is 6.78. The molecule has 0 saturated heterocycles. The van der Waals surface area contributed by atoms with Gasteiger partial charge in [-0.1, -0.05) is 35.9 Å². The van der Waals surface area contributed by atoms with Gasteiger partial charge in [-0.15, -0.1) is 0 Å². The van der Waals surface area contributed by atoms with Gasteiger partial charge in [-0.25, -0.2) is 9.97 Å². The van der Waals surface area contributed by atoms with E-state index in [1.807, 2.05) is 48.5 Å². The van der Waals surface area contributed by atoms with Crippen molar-refractivity contribution in [3.8, 4) is 17.5 Å². The lowest BCUT2D eigenvalue weighted by atomic mass is 10.1. The smallest absolute Gasteiger partial charge is 0.161 e. The van der Waals surface area contributed by atoms with Crippen LogP contribution in [0.25, 0.3) is 11.4 Å². The fourth-order valence-electron chi connectivity index (χ4n) is 3.23. The second-order valence-electron chi connectivity index (χ2n) is 6.34. The predicted molar refractivity (Wildman–Crippen MR) is 104 cm³/mol. The Morgan fingerprint density at radius 2 is 1.92 bits per heavy atom. The van der Waals surface area contributed by atoms with E-state index in [4.69, 9.17) is 26.8 Å². The number of hydrogen-bond donors (Lipinski definition) is 1. The lowest BCUT2D eigenvalue weighted by molar-refractivity contribution is 0.900. The number of halogens is 1. The van der Waals surface area contributed by atoms with Gasteiger partial charge in [-0.2, -0.15) is 5.26 Å². The Balaban J connectivity index is 1.70. The molecular formula is C21H17ClN4. The molecule has 128 valence electrons. The van der Waals surface area contributed by atoms with Crippen LogP contribution >= 0.6 is 11.6 Å². The van der Waals surface area contributed by atoms with Crippen LogP contribution in [0.4, 0.5) is 11.5 Å². The van der Waals surface area contributed by atoms with Gasteiger partial charge in [-0.3, -0.25) is 0 Å². The number of nitrogens with one attached hydrogen (secondary N) is 1. The monoisotopic (exact) mass is 360 g/mol. The van der Waals surface area contributed by atoms with Crippen LogP contribution in [0, 0.1) is 11.3 Å². The zero-order chi connectivity index (χ0) is 17.9. The summed E-state index contributed by atoms with van der Waals surface area (Å²) >= 11 is 6.13. The number of nitriles is 1. The van der Waals surface area contributed by atoms with Crippen molar-refractivity contribution < 1.29 is 0 Å². The molecule has 26 heavy (non-hydrogen) atoms. The maximum atomic E-state index is 8.80. The number of aromatic nitrogens is 2. The molecular weight excluding hydrogens is 344 g/mol. The molecule has 0 aliphatic heterocycles. The minimum atomic E-state index is 0.419. The van der Waals surface area contributed by atoms with Gasteiger partial charge < -0.3 is 5.32 Å². The molecule has 1 heterocycles. The zero-order valence-corrected chi connectivity index (χ0v) is 14.9. The minimum Gasteiger partial charge on any atom is -0.340 e. The first-order chi connectivity index (χ1) is 12.7. The molecule has 4 nitrogen and oxygen atoms in total. The molecule has 0 radical (unpaired) electrons. The highest BCUT2D eigenvalue weighted by Crippen LogP contribution is 2.31. The van der Waals surface area contributed by atoms with Gasteiger partial charge in [0.05, 0.1) is 12.5 Å². The highest BCUT2D eigenvalue weighted by atomic mass is 35.5. The van der Waals surface area contributed by atoms with Crippen molar-refractivity contribution in [3.63, 3.8) is 0 Å². The lowest BCUT2D eigenvalue weighted by Crippen LogP contribution is -2.04. The van der Waals surface area contributed by atoms with Crippen molar-refractivity contribution in [3.05, 3.63) is 70.4 Å². The van der Waals surface area contributed by atoms with E-state index in [0.717, 1.165) is 47.6 Å². The highest BCUT2D eigenvalue weighted by Gasteiger charge is 2.20. The normalized spacial score (nSPS) is 12.5. The first kappa shape index (κ1) is 16.6. The Labute approximate surface area is 157 Å². The van der Waals surface area contributed by atoms with Gasteiger partial charge in [0.15, 0.2) is 5.82 Å². The van der Waals surface area contributed by atoms with E-state index in [1.165, 1.54) is 5.56 Å². The summed E-state index contributed by atoms with van der Waals surface area (Å²) in [4.78, 5) is 9.54. The Bertz CT molecular complexity index is 990. The molecule has 1 N–H and O–H groups in total. The Hall–Kier alpha value is -2.90. The van der Waals surface area contributed by atoms with Crippen LogP contribution in [0.15, 0.2) is 48.5 Å². The number of anilines is 2. The van der Waals surface area contributed by atoms with Crippen molar-refractivity contribution in [2.75, 3.05) is 5.32 Å². The third kappa shape index (κ3) is 3.40. The number of benzene rings is 2. The molecule has 4 rings (SSSR count). The van der Waals surface area contributed by atoms with Crippen molar-refractivity contribution in [1.29, 1.82) is 5.26 Å². The van der Waals surface area contributed by atoms with Crippen LogP contribution in [0.2, 0.25) is 5.02 Å². The molecule has 1 aromatic heterocycles. The molecule has 0 atom stereocenters. The number of aryl methyl sites for hydroxylation is 1. The summed E-state index contributed by atoms with van der Waals surface area (Å²) in [6, 6.07) is 17.7. The summed E-state index contributed by atoms with van der Waals surface area (Å²) in [6.45, 7) is 0. The fraction of sp³-hybridized carbons (Fsp3) is 0.190.